The molecular formula is C16H18ClN3O3. The van der Waals surface area contributed by atoms with E-state index in [1.54, 1.807) is 17.9 Å². The number of aryl methyl sites for hydroxylation is 1. The molecule has 0 unspecified atom stereocenters. The maximum absolute atomic E-state index is 12.8. The number of ether oxygens (including phenoxy) is 1. The molecule has 1 aromatic heterocycles. The monoisotopic (exact) mass is 335 g/mol. The van der Waals surface area contributed by atoms with Crippen molar-refractivity contribution >= 4 is 17.5 Å². The van der Waals surface area contributed by atoms with Gasteiger partial charge in [0.05, 0.1) is 19.1 Å². The highest BCUT2D eigenvalue weighted by atomic mass is 35.5. The second-order valence-corrected chi connectivity index (χ2v) is 5.96. The topological polar surface area (TPSA) is 68.5 Å². The number of carbonyl (C=O) groups is 1. The quantitative estimate of drug-likeness (QED) is 0.862. The van der Waals surface area contributed by atoms with Crippen LogP contribution in [0.2, 0.25) is 5.02 Å². The van der Waals surface area contributed by atoms with Gasteiger partial charge in [0.15, 0.2) is 5.82 Å². The van der Waals surface area contributed by atoms with Crippen LogP contribution < -0.4 is 0 Å². The van der Waals surface area contributed by atoms with E-state index < -0.39 is 0 Å². The van der Waals surface area contributed by atoms with E-state index in [9.17, 15) is 4.79 Å². The molecule has 3 rings (SSSR count). The van der Waals surface area contributed by atoms with Crippen LogP contribution in [-0.2, 0) is 16.0 Å². The highest BCUT2D eigenvalue weighted by molar-refractivity contribution is 6.31. The van der Waals surface area contributed by atoms with Crippen LogP contribution in [0, 0.1) is 6.92 Å². The Morgan fingerprint density at radius 2 is 2.22 bits per heavy atom. The predicted octanol–water partition coefficient (Wildman–Crippen LogP) is 2.56. The molecule has 0 spiro atoms. The second-order valence-electron chi connectivity index (χ2n) is 5.56. The first-order chi connectivity index (χ1) is 11.1. The molecule has 0 saturated carbocycles. The van der Waals surface area contributed by atoms with Gasteiger partial charge in [0.1, 0.15) is 6.04 Å². The van der Waals surface area contributed by atoms with Crippen molar-refractivity contribution < 1.29 is 14.1 Å². The van der Waals surface area contributed by atoms with Gasteiger partial charge in [-0.2, -0.15) is 4.98 Å². The predicted molar refractivity (Wildman–Crippen MR) is 84.1 cm³/mol. The smallest absolute Gasteiger partial charge is 0.252 e. The number of halogens is 1. The summed E-state index contributed by atoms with van der Waals surface area (Å²) in [5.41, 5.74) is 0.804. The zero-order chi connectivity index (χ0) is 16.4. The number of benzene rings is 1. The first-order valence-electron chi connectivity index (χ1n) is 7.51. The van der Waals surface area contributed by atoms with Crippen LogP contribution >= 0.6 is 11.6 Å². The number of morpholine rings is 1. The van der Waals surface area contributed by atoms with Crippen LogP contribution in [0.15, 0.2) is 28.8 Å². The van der Waals surface area contributed by atoms with Gasteiger partial charge in [-0.25, -0.2) is 0 Å². The van der Waals surface area contributed by atoms with E-state index in [0.717, 1.165) is 5.56 Å². The van der Waals surface area contributed by atoms with Crippen LogP contribution in [0.25, 0.3) is 0 Å². The number of amides is 1. The number of hydrogen-bond donors (Lipinski definition) is 0. The molecule has 0 bridgehead atoms. The molecule has 1 aliphatic rings. The zero-order valence-corrected chi connectivity index (χ0v) is 13.8. The first kappa shape index (κ1) is 16.0. The summed E-state index contributed by atoms with van der Waals surface area (Å²) >= 11 is 6.16. The lowest BCUT2D eigenvalue weighted by atomic mass is 10.1. The lowest BCUT2D eigenvalue weighted by Gasteiger charge is -2.37. The second kappa shape index (κ2) is 6.68. The van der Waals surface area contributed by atoms with Gasteiger partial charge in [0, 0.05) is 11.6 Å². The van der Waals surface area contributed by atoms with Gasteiger partial charge in [-0.05, 0) is 25.5 Å². The largest absolute Gasteiger partial charge is 0.374 e. The fourth-order valence-corrected chi connectivity index (χ4v) is 2.98. The molecule has 0 aliphatic carbocycles. The van der Waals surface area contributed by atoms with E-state index in [4.69, 9.17) is 20.9 Å². The number of hydrogen-bond acceptors (Lipinski definition) is 5. The molecule has 0 radical (unpaired) electrons. The lowest BCUT2D eigenvalue weighted by molar-refractivity contribution is -0.146. The summed E-state index contributed by atoms with van der Waals surface area (Å²) in [5.74, 6) is 0.910. The first-order valence-corrected chi connectivity index (χ1v) is 7.88. The summed E-state index contributed by atoms with van der Waals surface area (Å²) in [5, 5.41) is 4.41. The van der Waals surface area contributed by atoms with Crippen LogP contribution in [0.5, 0.6) is 0 Å². The third kappa shape index (κ3) is 3.38. The van der Waals surface area contributed by atoms with Gasteiger partial charge in [0.25, 0.3) is 5.89 Å². The molecule has 1 aliphatic heterocycles. The van der Waals surface area contributed by atoms with E-state index in [-0.39, 0.29) is 24.5 Å². The van der Waals surface area contributed by atoms with Crippen molar-refractivity contribution in [2.24, 2.45) is 0 Å². The Bertz CT molecular complexity index is 703. The Hall–Kier alpha value is -1.92. The molecule has 2 heterocycles. The number of nitrogens with zero attached hydrogens (tertiary/aromatic N) is 3. The fraction of sp³-hybridized carbons (Fsp3) is 0.438. The minimum Gasteiger partial charge on any atom is -0.374 e. The molecule has 1 aromatic carbocycles. The van der Waals surface area contributed by atoms with E-state index in [1.165, 1.54) is 0 Å². The SMILES string of the molecule is Cc1noc([C@@H]2[C@@H](C)OCCN2C(=O)Cc2ccccc2Cl)n1. The Balaban J connectivity index is 1.83. The summed E-state index contributed by atoms with van der Waals surface area (Å²) in [7, 11) is 0. The molecule has 23 heavy (non-hydrogen) atoms. The molecular weight excluding hydrogens is 318 g/mol. The Morgan fingerprint density at radius 1 is 1.43 bits per heavy atom. The van der Waals surface area contributed by atoms with Crippen molar-refractivity contribution in [2.45, 2.75) is 32.4 Å². The van der Waals surface area contributed by atoms with Crippen molar-refractivity contribution in [1.82, 2.24) is 15.0 Å². The third-order valence-corrected chi connectivity index (χ3v) is 4.28. The van der Waals surface area contributed by atoms with E-state index in [0.29, 0.717) is 29.9 Å². The number of rotatable bonds is 3. The molecule has 122 valence electrons. The van der Waals surface area contributed by atoms with E-state index in [1.807, 2.05) is 25.1 Å². The standard InChI is InChI=1S/C16H18ClN3O3/c1-10-15(16-18-11(2)19-23-16)20(7-8-22-10)14(21)9-12-5-3-4-6-13(12)17/h3-6,10,15H,7-9H2,1-2H3/t10-,15+/m1/s1. The number of carbonyl (C=O) groups excluding carboxylic acids is 1. The Labute approximate surface area is 139 Å². The molecule has 2 atom stereocenters. The summed E-state index contributed by atoms with van der Waals surface area (Å²) < 4.78 is 10.9. The molecule has 1 fully saturated rings. The fourth-order valence-electron chi connectivity index (χ4n) is 2.77. The molecule has 6 nitrogen and oxygen atoms in total. The Morgan fingerprint density at radius 3 is 2.91 bits per heavy atom. The van der Waals surface area contributed by atoms with Crippen molar-refractivity contribution in [3.05, 3.63) is 46.6 Å². The van der Waals surface area contributed by atoms with Gasteiger partial charge in [-0.1, -0.05) is 35.0 Å². The van der Waals surface area contributed by atoms with E-state index >= 15 is 0 Å². The van der Waals surface area contributed by atoms with Crippen molar-refractivity contribution in [3.63, 3.8) is 0 Å². The summed E-state index contributed by atoms with van der Waals surface area (Å²) in [6.45, 7) is 4.62. The number of aromatic nitrogens is 2. The van der Waals surface area contributed by atoms with Crippen molar-refractivity contribution in [2.75, 3.05) is 13.2 Å². The van der Waals surface area contributed by atoms with Crippen LogP contribution in [0.4, 0.5) is 0 Å². The normalized spacial score (nSPS) is 21.4. The third-order valence-electron chi connectivity index (χ3n) is 3.91. The summed E-state index contributed by atoms with van der Waals surface area (Å²) in [4.78, 5) is 18.8. The van der Waals surface area contributed by atoms with Crippen LogP contribution in [-0.4, -0.2) is 40.2 Å². The van der Waals surface area contributed by atoms with Gasteiger partial charge in [-0.15, -0.1) is 0 Å². The average molecular weight is 336 g/mol. The van der Waals surface area contributed by atoms with E-state index in [2.05, 4.69) is 10.1 Å². The minimum atomic E-state index is -0.375. The maximum atomic E-state index is 12.8. The molecule has 0 N–H and O–H groups in total. The lowest BCUT2D eigenvalue weighted by Crippen LogP contribution is -2.48. The highest BCUT2D eigenvalue weighted by Gasteiger charge is 2.37. The average Bonchev–Trinajstić information content (AvgIpc) is 2.95. The molecule has 7 heteroatoms. The molecule has 2 aromatic rings. The summed E-state index contributed by atoms with van der Waals surface area (Å²) in [6.07, 6.45) is 0.0227. The van der Waals surface area contributed by atoms with Crippen molar-refractivity contribution in [1.29, 1.82) is 0 Å². The molecule has 1 saturated heterocycles. The van der Waals surface area contributed by atoms with Crippen LogP contribution in [0.1, 0.15) is 30.2 Å². The van der Waals surface area contributed by atoms with Gasteiger partial charge in [0.2, 0.25) is 5.91 Å². The van der Waals surface area contributed by atoms with Crippen molar-refractivity contribution in [3.8, 4) is 0 Å². The minimum absolute atomic E-state index is 0.0332. The Kier molecular flexibility index (Phi) is 4.63. The highest BCUT2D eigenvalue weighted by Crippen LogP contribution is 2.29. The zero-order valence-electron chi connectivity index (χ0n) is 13.0. The van der Waals surface area contributed by atoms with Crippen LogP contribution in [0.3, 0.4) is 0 Å². The maximum Gasteiger partial charge on any atom is 0.252 e. The summed E-state index contributed by atoms with van der Waals surface area (Å²) in [6, 6.07) is 6.98. The molecule has 1 amide bonds. The van der Waals surface area contributed by atoms with Gasteiger partial charge < -0.3 is 14.2 Å². The van der Waals surface area contributed by atoms with Gasteiger partial charge >= 0.3 is 0 Å². The van der Waals surface area contributed by atoms with Gasteiger partial charge in [-0.3, -0.25) is 4.79 Å².